The quantitative estimate of drug-likeness (QED) is 0.914. The first-order valence-corrected chi connectivity index (χ1v) is 7.57. The molecule has 1 N–H and O–H groups in total. The minimum atomic E-state index is -0.717. The molecule has 4 aliphatic carbocycles. The highest BCUT2D eigenvalue weighted by molar-refractivity contribution is 5.69. The van der Waals surface area contributed by atoms with Gasteiger partial charge in [-0.15, -0.1) is 0 Å². The summed E-state index contributed by atoms with van der Waals surface area (Å²) in [4.78, 5) is 11.5. The molecule has 0 spiro atoms. The van der Waals surface area contributed by atoms with Gasteiger partial charge in [-0.1, -0.05) is 12.1 Å². The van der Waals surface area contributed by atoms with Crippen LogP contribution in [0.25, 0.3) is 0 Å². The molecule has 0 saturated heterocycles. The van der Waals surface area contributed by atoms with Gasteiger partial charge in [-0.25, -0.2) is 4.39 Å². The van der Waals surface area contributed by atoms with Crippen molar-refractivity contribution in [2.45, 2.75) is 37.5 Å². The van der Waals surface area contributed by atoms with E-state index in [0.29, 0.717) is 17.8 Å². The summed E-state index contributed by atoms with van der Waals surface area (Å²) in [7, 11) is 0. The molecule has 0 heterocycles. The maximum Gasteiger partial charge on any atom is 0.304 e. The number of halogens is 1. The molecule has 0 aliphatic heterocycles. The molecule has 0 aromatic heterocycles. The number of aliphatic carboxylic acids is 1. The van der Waals surface area contributed by atoms with Crippen molar-refractivity contribution in [2.24, 2.45) is 23.7 Å². The second kappa shape index (κ2) is 4.06. The highest BCUT2D eigenvalue weighted by atomic mass is 19.1. The molecule has 2 nitrogen and oxygen atoms in total. The Balaban J connectivity index is 1.83. The highest BCUT2D eigenvalue weighted by Gasteiger charge is 2.63. The van der Waals surface area contributed by atoms with Crippen LogP contribution in [-0.4, -0.2) is 11.1 Å². The van der Waals surface area contributed by atoms with Crippen LogP contribution >= 0.6 is 0 Å². The van der Waals surface area contributed by atoms with Crippen molar-refractivity contribution >= 4 is 5.97 Å². The third-order valence-electron chi connectivity index (χ3n) is 6.21. The van der Waals surface area contributed by atoms with Gasteiger partial charge < -0.3 is 5.11 Å². The highest BCUT2D eigenvalue weighted by Crippen LogP contribution is 2.68. The first-order chi connectivity index (χ1) is 9.59. The van der Waals surface area contributed by atoms with Crippen LogP contribution in [0.5, 0.6) is 0 Å². The second-order valence-electron chi connectivity index (χ2n) is 6.99. The minimum absolute atomic E-state index is 0.206. The largest absolute Gasteiger partial charge is 0.481 e. The van der Waals surface area contributed by atoms with E-state index in [1.807, 2.05) is 12.1 Å². The van der Waals surface area contributed by atoms with Gasteiger partial charge in [-0.3, -0.25) is 4.79 Å². The zero-order chi connectivity index (χ0) is 13.9. The zero-order valence-corrected chi connectivity index (χ0v) is 11.4. The van der Waals surface area contributed by atoms with E-state index in [-0.39, 0.29) is 17.7 Å². The van der Waals surface area contributed by atoms with E-state index in [1.165, 1.54) is 31.4 Å². The van der Waals surface area contributed by atoms with Crippen molar-refractivity contribution in [1.29, 1.82) is 0 Å². The van der Waals surface area contributed by atoms with Crippen molar-refractivity contribution in [3.8, 4) is 0 Å². The Morgan fingerprint density at radius 1 is 1.20 bits per heavy atom. The maximum atomic E-state index is 13.2. The Kier molecular flexibility index (Phi) is 2.51. The molecule has 4 bridgehead atoms. The van der Waals surface area contributed by atoms with Crippen LogP contribution in [0.3, 0.4) is 0 Å². The van der Waals surface area contributed by atoms with Crippen LogP contribution in [0.15, 0.2) is 24.3 Å². The zero-order valence-electron chi connectivity index (χ0n) is 11.4. The number of benzene rings is 1. The maximum absolute atomic E-state index is 13.2. The fraction of sp³-hybridized carbons (Fsp3) is 0.588. The van der Waals surface area contributed by atoms with E-state index in [2.05, 4.69) is 0 Å². The number of carboxylic acids is 1. The first-order valence-electron chi connectivity index (χ1n) is 7.57. The van der Waals surface area contributed by atoms with Gasteiger partial charge in [0.05, 0.1) is 6.42 Å². The summed E-state index contributed by atoms with van der Waals surface area (Å²) in [6.07, 6.45) is 5.00. The Bertz CT molecular complexity index is 549. The molecule has 4 aliphatic rings. The lowest BCUT2D eigenvalue weighted by Crippen LogP contribution is -2.42. The number of hydrogen-bond donors (Lipinski definition) is 1. The number of hydrogen-bond acceptors (Lipinski definition) is 1. The van der Waals surface area contributed by atoms with Crippen LogP contribution in [-0.2, 0) is 10.2 Å². The minimum Gasteiger partial charge on any atom is -0.481 e. The summed E-state index contributed by atoms with van der Waals surface area (Å²) < 4.78 is 13.2. The van der Waals surface area contributed by atoms with Crippen LogP contribution in [0.1, 0.15) is 37.7 Å². The third kappa shape index (κ3) is 1.52. The van der Waals surface area contributed by atoms with Crippen molar-refractivity contribution in [1.82, 2.24) is 0 Å². The normalized spacial score (nSPS) is 41.2. The standard InChI is InChI=1S/C17H19FO2/c18-14-3-1-12(2-4-14)17(9-16(19)20)13-6-10-5-11(8-13)15(17)7-10/h1-4,10-11,13,15H,5-9H2,(H,19,20). The topological polar surface area (TPSA) is 37.3 Å². The lowest BCUT2D eigenvalue weighted by Gasteiger charge is -2.44. The lowest BCUT2D eigenvalue weighted by molar-refractivity contribution is -0.139. The molecule has 5 atom stereocenters. The van der Waals surface area contributed by atoms with E-state index in [9.17, 15) is 14.3 Å². The van der Waals surface area contributed by atoms with E-state index < -0.39 is 5.97 Å². The summed E-state index contributed by atoms with van der Waals surface area (Å²) >= 11 is 0. The van der Waals surface area contributed by atoms with Crippen molar-refractivity contribution in [2.75, 3.05) is 0 Å². The molecule has 1 aromatic rings. The van der Waals surface area contributed by atoms with Gasteiger partial charge in [0.2, 0.25) is 0 Å². The summed E-state index contributed by atoms with van der Waals surface area (Å²) in [6, 6.07) is 6.62. The van der Waals surface area contributed by atoms with Crippen molar-refractivity contribution in [3.05, 3.63) is 35.6 Å². The molecule has 106 valence electrons. The first kappa shape index (κ1) is 12.4. The van der Waals surface area contributed by atoms with Crippen LogP contribution in [0, 0.1) is 29.5 Å². The summed E-state index contributed by atoms with van der Waals surface area (Å²) in [6.45, 7) is 0. The van der Waals surface area contributed by atoms with Crippen molar-refractivity contribution < 1.29 is 14.3 Å². The lowest BCUT2D eigenvalue weighted by atomic mass is 9.59. The van der Waals surface area contributed by atoms with E-state index in [4.69, 9.17) is 0 Å². The van der Waals surface area contributed by atoms with Gasteiger partial charge in [-0.2, -0.15) is 0 Å². The fourth-order valence-electron chi connectivity index (χ4n) is 5.75. The number of carboxylic acid groups (broad SMARTS) is 1. The molecule has 4 fully saturated rings. The van der Waals surface area contributed by atoms with Gasteiger partial charge in [0.1, 0.15) is 5.82 Å². The molecular formula is C17H19FO2. The SMILES string of the molecule is O=C(O)CC1(c2ccc(F)cc2)C2CC3CC(C2)C1C3. The third-order valence-corrected chi connectivity index (χ3v) is 6.21. The number of rotatable bonds is 3. The Morgan fingerprint density at radius 3 is 2.60 bits per heavy atom. The summed E-state index contributed by atoms with van der Waals surface area (Å²) in [5.74, 6) is 1.52. The fourth-order valence-corrected chi connectivity index (χ4v) is 5.75. The molecule has 1 aromatic carbocycles. The molecule has 0 radical (unpaired) electrons. The molecule has 0 amide bonds. The predicted octanol–water partition coefficient (Wildman–Crippen LogP) is 3.60. The molecule has 3 heteroatoms. The van der Waals surface area contributed by atoms with Crippen LogP contribution < -0.4 is 0 Å². The van der Waals surface area contributed by atoms with Gasteiger partial charge >= 0.3 is 5.97 Å². The molecule has 20 heavy (non-hydrogen) atoms. The second-order valence-corrected chi connectivity index (χ2v) is 6.99. The van der Waals surface area contributed by atoms with Gasteiger partial charge in [0, 0.05) is 5.41 Å². The molecule has 4 saturated carbocycles. The number of carbonyl (C=O) groups is 1. The Morgan fingerprint density at radius 2 is 1.95 bits per heavy atom. The van der Waals surface area contributed by atoms with Gasteiger partial charge in [-0.05, 0) is 67.1 Å². The molecule has 5 rings (SSSR count). The van der Waals surface area contributed by atoms with E-state index >= 15 is 0 Å². The monoisotopic (exact) mass is 274 g/mol. The Hall–Kier alpha value is -1.38. The van der Waals surface area contributed by atoms with E-state index in [0.717, 1.165) is 17.9 Å². The van der Waals surface area contributed by atoms with Crippen LogP contribution in [0.2, 0.25) is 0 Å². The van der Waals surface area contributed by atoms with Crippen LogP contribution in [0.4, 0.5) is 4.39 Å². The van der Waals surface area contributed by atoms with E-state index in [1.54, 1.807) is 0 Å². The average molecular weight is 274 g/mol. The average Bonchev–Trinajstić information content (AvgIpc) is 2.80. The Labute approximate surface area is 118 Å². The molecular weight excluding hydrogens is 255 g/mol. The summed E-state index contributed by atoms with van der Waals surface area (Å²) in [5.41, 5.74) is 0.816. The van der Waals surface area contributed by atoms with Crippen molar-refractivity contribution in [3.63, 3.8) is 0 Å². The van der Waals surface area contributed by atoms with Gasteiger partial charge in [0.25, 0.3) is 0 Å². The van der Waals surface area contributed by atoms with Gasteiger partial charge in [0.15, 0.2) is 0 Å². The predicted molar refractivity (Wildman–Crippen MR) is 72.8 cm³/mol. The smallest absolute Gasteiger partial charge is 0.304 e. The summed E-state index contributed by atoms with van der Waals surface area (Å²) in [5, 5.41) is 9.44. The molecule has 5 unspecified atom stereocenters.